The molecule has 1 saturated carbocycles. The van der Waals surface area contributed by atoms with E-state index in [0.29, 0.717) is 0 Å². The fraction of sp³-hybridized carbons (Fsp3) is 0.692. The molecule has 0 amide bonds. The molecule has 0 spiro atoms. The molecule has 0 saturated heterocycles. The van der Waals surface area contributed by atoms with Crippen LogP contribution in [0, 0.1) is 0 Å². The minimum atomic E-state index is 0.866. The maximum absolute atomic E-state index is 3.59. The lowest BCUT2D eigenvalue weighted by Crippen LogP contribution is -2.32. The fourth-order valence-corrected chi connectivity index (χ4v) is 3.28. The van der Waals surface area contributed by atoms with Crippen LogP contribution in [0.5, 0.6) is 0 Å². The molecule has 1 aromatic rings. The molecular formula is C13H20N2S. The number of hydrogen-bond donors (Lipinski definition) is 1. The molecule has 1 fully saturated rings. The smallest absolute Gasteiger partial charge is 0.0244 e. The summed E-state index contributed by atoms with van der Waals surface area (Å²) in [5.41, 5.74) is 1.58. The number of nitrogens with zero attached hydrogens (tertiary/aromatic N) is 1. The second-order valence-corrected chi connectivity index (χ2v) is 5.98. The normalized spacial score (nSPS) is 21.0. The third-order valence-corrected chi connectivity index (χ3v) is 4.57. The second kappa shape index (κ2) is 4.86. The van der Waals surface area contributed by atoms with Gasteiger partial charge in [-0.1, -0.05) is 0 Å². The highest BCUT2D eigenvalue weighted by atomic mass is 32.1. The zero-order chi connectivity index (χ0) is 10.8. The van der Waals surface area contributed by atoms with Gasteiger partial charge in [0.15, 0.2) is 0 Å². The Balaban J connectivity index is 1.39. The van der Waals surface area contributed by atoms with Gasteiger partial charge in [-0.25, -0.2) is 0 Å². The van der Waals surface area contributed by atoms with Crippen molar-refractivity contribution in [1.29, 1.82) is 0 Å². The van der Waals surface area contributed by atoms with E-state index in [4.69, 9.17) is 0 Å². The predicted molar refractivity (Wildman–Crippen MR) is 68.9 cm³/mol. The van der Waals surface area contributed by atoms with Crippen LogP contribution in [0.4, 0.5) is 0 Å². The summed E-state index contributed by atoms with van der Waals surface area (Å²) in [4.78, 5) is 4.22. The Morgan fingerprint density at radius 3 is 3.25 bits per heavy atom. The topological polar surface area (TPSA) is 15.3 Å². The van der Waals surface area contributed by atoms with Crippen LogP contribution in [0.2, 0.25) is 0 Å². The molecule has 3 heteroatoms. The van der Waals surface area contributed by atoms with E-state index in [2.05, 4.69) is 21.7 Å². The third kappa shape index (κ3) is 2.65. The summed E-state index contributed by atoms with van der Waals surface area (Å²) in [5, 5.41) is 5.82. The number of hydrogen-bond acceptors (Lipinski definition) is 3. The summed E-state index contributed by atoms with van der Waals surface area (Å²) >= 11 is 1.93. The average Bonchev–Trinajstić information content (AvgIpc) is 3.01. The summed E-state index contributed by atoms with van der Waals surface area (Å²) in [7, 11) is 0. The fourth-order valence-electron chi connectivity index (χ4n) is 2.39. The van der Waals surface area contributed by atoms with Crippen molar-refractivity contribution in [1.82, 2.24) is 10.2 Å². The van der Waals surface area contributed by atoms with Gasteiger partial charge in [0.05, 0.1) is 0 Å². The first-order valence-corrected chi connectivity index (χ1v) is 7.31. The van der Waals surface area contributed by atoms with Gasteiger partial charge in [-0.2, -0.15) is 0 Å². The summed E-state index contributed by atoms with van der Waals surface area (Å²) in [6.45, 7) is 4.91. The van der Waals surface area contributed by atoms with Crippen LogP contribution in [0.15, 0.2) is 11.4 Å². The van der Waals surface area contributed by atoms with Gasteiger partial charge in [0.2, 0.25) is 0 Å². The lowest BCUT2D eigenvalue weighted by molar-refractivity contribution is 0.252. The molecule has 0 unspecified atom stereocenters. The van der Waals surface area contributed by atoms with Gasteiger partial charge < -0.3 is 5.32 Å². The van der Waals surface area contributed by atoms with Crippen molar-refractivity contribution in [3.8, 4) is 0 Å². The zero-order valence-corrected chi connectivity index (χ0v) is 10.6. The molecule has 1 aliphatic heterocycles. The second-order valence-electron chi connectivity index (χ2n) is 4.98. The molecule has 0 bridgehead atoms. The van der Waals surface area contributed by atoms with E-state index >= 15 is 0 Å². The molecule has 1 aromatic heterocycles. The minimum absolute atomic E-state index is 0.866. The highest BCUT2D eigenvalue weighted by Gasteiger charge is 2.20. The minimum Gasteiger partial charge on any atom is -0.314 e. The molecule has 1 aliphatic carbocycles. The van der Waals surface area contributed by atoms with Crippen molar-refractivity contribution < 1.29 is 0 Å². The van der Waals surface area contributed by atoms with E-state index in [-0.39, 0.29) is 0 Å². The standard InChI is InChI=1S/C13H20N2S/c1(6-14-12-2-3-12)7-15-8-4-13-11(10-15)5-9-16-13/h5,9,12,14H,1-4,6-8,10H2. The average molecular weight is 236 g/mol. The highest BCUT2D eigenvalue weighted by Crippen LogP contribution is 2.24. The van der Waals surface area contributed by atoms with Crippen molar-refractivity contribution in [2.24, 2.45) is 0 Å². The molecule has 1 N–H and O–H groups in total. The van der Waals surface area contributed by atoms with Gasteiger partial charge in [-0.05, 0) is 55.8 Å². The molecule has 0 aromatic carbocycles. The molecular weight excluding hydrogens is 216 g/mol. The number of nitrogens with one attached hydrogen (secondary N) is 1. The summed E-state index contributed by atoms with van der Waals surface area (Å²) in [6, 6.07) is 3.17. The van der Waals surface area contributed by atoms with Gasteiger partial charge >= 0.3 is 0 Å². The van der Waals surface area contributed by atoms with E-state index in [0.717, 1.165) is 6.04 Å². The van der Waals surface area contributed by atoms with Gasteiger partial charge in [0.25, 0.3) is 0 Å². The van der Waals surface area contributed by atoms with E-state index in [1.54, 1.807) is 10.4 Å². The van der Waals surface area contributed by atoms with Crippen molar-refractivity contribution in [2.45, 2.75) is 38.3 Å². The largest absolute Gasteiger partial charge is 0.314 e. The van der Waals surface area contributed by atoms with Crippen LogP contribution >= 0.6 is 11.3 Å². The lowest BCUT2D eigenvalue weighted by Gasteiger charge is -2.26. The van der Waals surface area contributed by atoms with Crippen molar-refractivity contribution in [3.05, 3.63) is 21.9 Å². The molecule has 2 nitrogen and oxygen atoms in total. The maximum atomic E-state index is 3.59. The molecule has 0 atom stereocenters. The Bertz CT molecular complexity index is 343. The van der Waals surface area contributed by atoms with Crippen LogP contribution in [-0.4, -0.2) is 30.6 Å². The van der Waals surface area contributed by atoms with Crippen molar-refractivity contribution >= 4 is 11.3 Å². The maximum Gasteiger partial charge on any atom is 0.0244 e. The van der Waals surface area contributed by atoms with Gasteiger partial charge in [-0.3, -0.25) is 4.90 Å². The Hall–Kier alpha value is -0.380. The summed E-state index contributed by atoms with van der Waals surface area (Å²) < 4.78 is 0. The first kappa shape index (κ1) is 10.8. The molecule has 3 rings (SSSR count). The monoisotopic (exact) mass is 236 g/mol. The molecule has 16 heavy (non-hydrogen) atoms. The van der Waals surface area contributed by atoms with Crippen LogP contribution < -0.4 is 5.32 Å². The van der Waals surface area contributed by atoms with E-state index in [9.17, 15) is 0 Å². The number of rotatable bonds is 5. The van der Waals surface area contributed by atoms with Crippen LogP contribution in [0.3, 0.4) is 0 Å². The van der Waals surface area contributed by atoms with Crippen molar-refractivity contribution in [3.63, 3.8) is 0 Å². The van der Waals surface area contributed by atoms with Crippen molar-refractivity contribution in [2.75, 3.05) is 19.6 Å². The van der Waals surface area contributed by atoms with Crippen LogP contribution in [0.1, 0.15) is 29.7 Å². The lowest BCUT2D eigenvalue weighted by atomic mass is 10.1. The quantitative estimate of drug-likeness (QED) is 0.789. The molecule has 0 radical (unpaired) electrons. The van der Waals surface area contributed by atoms with Gasteiger partial charge in [0.1, 0.15) is 0 Å². The SMILES string of the molecule is c1cc2c(s1)CCN(CCCNC1CC1)C2. The predicted octanol–water partition coefficient (Wildman–Crippen LogP) is 2.25. The molecule has 2 heterocycles. The van der Waals surface area contributed by atoms with E-state index in [1.165, 1.54) is 51.9 Å². The number of thiophene rings is 1. The Labute approximate surface area is 102 Å². The summed E-state index contributed by atoms with van der Waals surface area (Å²) in [5.74, 6) is 0. The van der Waals surface area contributed by atoms with E-state index in [1.807, 2.05) is 11.3 Å². The zero-order valence-electron chi connectivity index (χ0n) is 9.74. The van der Waals surface area contributed by atoms with Gasteiger partial charge in [0, 0.05) is 24.0 Å². The summed E-state index contributed by atoms with van der Waals surface area (Å²) in [6.07, 6.45) is 5.38. The highest BCUT2D eigenvalue weighted by molar-refractivity contribution is 7.10. The van der Waals surface area contributed by atoms with Crippen LogP contribution in [-0.2, 0) is 13.0 Å². The first-order chi connectivity index (χ1) is 7.92. The molecule has 2 aliphatic rings. The Kier molecular flexibility index (Phi) is 3.27. The third-order valence-electron chi connectivity index (χ3n) is 3.55. The Morgan fingerprint density at radius 2 is 2.38 bits per heavy atom. The first-order valence-electron chi connectivity index (χ1n) is 6.43. The Morgan fingerprint density at radius 1 is 1.44 bits per heavy atom. The van der Waals surface area contributed by atoms with E-state index < -0.39 is 0 Å². The molecule has 88 valence electrons. The van der Waals surface area contributed by atoms with Crippen LogP contribution in [0.25, 0.3) is 0 Å². The van der Waals surface area contributed by atoms with Gasteiger partial charge in [-0.15, -0.1) is 11.3 Å². The number of fused-ring (bicyclic) bond motifs is 1.